The molecule has 4 aromatic rings. The average Bonchev–Trinajstić information content (AvgIpc) is 3.63. The predicted molar refractivity (Wildman–Crippen MR) is 151 cm³/mol. The lowest BCUT2D eigenvalue weighted by molar-refractivity contribution is 0.326. The highest BCUT2D eigenvalue weighted by Crippen LogP contribution is 2.25. The van der Waals surface area contributed by atoms with E-state index in [1.54, 1.807) is 11.3 Å². The summed E-state index contributed by atoms with van der Waals surface area (Å²) in [4.78, 5) is 15.7. The van der Waals surface area contributed by atoms with Gasteiger partial charge < -0.3 is 19.9 Å². The highest BCUT2D eigenvalue weighted by Gasteiger charge is 2.11. The first-order chi connectivity index (χ1) is 17.6. The quantitative estimate of drug-likeness (QED) is 0.153. The number of nitrogens with one attached hydrogen (secondary N) is 3. The van der Waals surface area contributed by atoms with Crippen LogP contribution in [0.3, 0.4) is 0 Å². The molecule has 3 aromatic heterocycles. The van der Waals surface area contributed by atoms with Crippen molar-refractivity contribution in [3.8, 4) is 16.3 Å². The Bertz CT molecular complexity index is 1330. The summed E-state index contributed by atoms with van der Waals surface area (Å²) in [5, 5.41) is 13.9. The first kappa shape index (κ1) is 25.2. The fourth-order valence-electron chi connectivity index (χ4n) is 3.95. The van der Waals surface area contributed by atoms with Crippen LogP contribution >= 0.6 is 11.3 Å². The Morgan fingerprint density at radius 3 is 2.75 bits per heavy atom. The molecule has 0 spiro atoms. The molecule has 4 rings (SSSR count). The number of benzene rings is 1. The minimum absolute atomic E-state index is 0.194. The van der Waals surface area contributed by atoms with E-state index >= 15 is 0 Å². The minimum atomic E-state index is 0.194. The zero-order valence-corrected chi connectivity index (χ0v) is 21.9. The third-order valence-corrected chi connectivity index (χ3v) is 6.46. The second-order valence-electron chi connectivity index (χ2n) is 8.44. The van der Waals surface area contributed by atoms with Crippen molar-refractivity contribution in [1.29, 1.82) is 0 Å². The van der Waals surface area contributed by atoms with Gasteiger partial charge in [0.15, 0.2) is 12.5 Å². The molecule has 0 atom stereocenters. The molecule has 0 fully saturated rings. The Kier molecular flexibility index (Phi) is 8.57. The normalized spacial score (nSPS) is 12.2. The fraction of sp³-hybridized carbons (Fsp3) is 0.296. The zero-order chi connectivity index (χ0) is 25.3. The average molecular weight is 504 g/mol. The number of fused-ring (bicyclic) bond motifs is 1. The first-order valence-electron chi connectivity index (χ1n) is 12.2. The smallest absolute Gasteiger partial charge is 0.181 e. The van der Waals surface area contributed by atoms with Gasteiger partial charge >= 0.3 is 0 Å². The lowest BCUT2D eigenvalue weighted by Crippen LogP contribution is -2.32. The number of anilines is 1. The van der Waals surface area contributed by atoms with Crippen LogP contribution in [0, 0.1) is 6.92 Å². The number of aryl methyl sites for hydroxylation is 1. The van der Waals surface area contributed by atoms with E-state index in [1.165, 1.54) is 0 Å². The van der Waals surface area contributed by atoms with Crippen molar-refractivity contribution in [2.75, 3.05) is 25.1 Å². The van der Waals surface area contributed by atoms with E-state index in [0.29, 0.717) is 11.6 Å². The largest absolute Gasteiger partial charge is 0.471 e. The van der Waals surface area contributed by atoms with Crippen LogP contribution in [0.15, 0.2) is 69.7 Å². The number of ether oxygens (including phenoxy) is 1. The van der Waals surface area contributed by atoms with Crippen LogP contribution < -0.4 is 10.1 Å². The highest BCUT2D eigenvalue weighted by atomic mass is 32.1. The summed E-state index contributed by atoms with van der Waals surface area (Å²) >= 11 is 1.66. The molecule has 0 aliphatic carbocycles. The number of thiophene rings is 1. The van der Waals surface area contributed by atoms with Gasteiger partial charge in [0, 0.05) is 41.8 Å². The Labute approximate surface area is 215 Å². The van der Waals surface area contributed by atoms with Crippen LogP contribution in [0.2, 0.25) is 0 Å². The maximum Gasteiger partial charge on any atom is 0.181 e. The lowest BCUT2D eigenvalue weighted by Gasteiger charge is -2.24. The lowest BCUT2D eigenvalue weighted by atomic mass is 10.2. The van der Waals surface area contributed by atoms with Crippen LogP contribution in [-0.4, -0.2) is 52.5 Å². The van der Waals surface area contributed by atoms with E-state index in [-0.39, 0.29) is 6.73 Å². The van der Waals surface area contributed by atoms with Crippen LogP contribution in [0.25, 0.3) is 21.5 Å². The molecule has 0 radical (unpaired) electrons. The van der Waals surface area contributed by atoms with Crippen molar-refractivity contribution in [2.24, 2.45) is 9.98 Å². The third kappa shape index (κ3) is 6.42. The molecule has 3 heterocycles. The van der Waals surface area contributed by atoms with Crippen molar-refractivity contribution in [1.82, 2.24) is 20.1 Å². The van der Waals surface area contributed by atoms with Gasteiger partial charge in [-0.15, -0.1) is 11.3 Å². The number of amidine groups is 1. The number of nitrogens with zero attached hydrogens (tertiary/aromatic N) is 4. The Morgan fingerprint density at radius 1 is 1.19 bits per heavy atom. The summed E-state index contributed by atoms with van der Waals surface area (Å²) in [6, 6.07) is 14.2. The number of rotatable bonds is 12. The SMILES string of the molecule is C=N/C(=C\C(=N/COc1ccc2[nH]c(C)cc2c1)N(CCC)CCC)Nc1cc(-c2cccs2)[nH]n1. The number of hydrogen-bond donors (Lipinski definition) is 3. The summed E-state index contributed by atoms with van der Waals surface area (Å²) in [5.74, 6) is 2.81. The van der Waals surface area contributed by atoms with Crippen molar-refractivity contribution in [3.63, 3.8) is 0 Å². The molecule has 0 saturated carbocycles. The first-order valence-corrected chi connectivity index (χ1v) is 13.0. The number of hydrogen-bond acceptors (Lipinski definition) is 6. The monoisotopic (exact) mass is 503 g/mol. The van der Waals surface area contributed by atoms with Crippen LogP contribution in [0.1, 0.15) is 32.4 Å². The molecule has 36 heavy (non-hydrogen) atoms. The summed E-state index contributed by atoms with van der Waals surface area (Å²) in [5.41, 5.74) is 3.17. The number of aromatic amines is 2. The van der Waals surface area contributed by atoms with Crippen molar-refractivity contribution < 1.29 is 4.74 Å². The Morgan fingerprint density at radius 2 is 2.03 bits per heavy atom. The van der Waals surface area contributed by atoms with Crippen molar-refractivity contribution in [2.45, 2.75) is 33.6 Å². The topological polar surface area (TPSA) is 93.7 Å². The fourth-order valence-corrected chi connectivity index (χ4v) is 4.65. The molecule has 0 saturated heterocycles. The van der Waals surface area contributed by atoms with Gasteiger partial charge in [-0.1, -0.05) is 19.9 Å². The molecular formula is C27H33N7OS. The predicted octanol–water partition coefficient (Wildman–Crippen LogP) is 6.44. The Balaban J connectivity index is 1.53. The molecule has 9 heteroatoms. The van der Waals surface area contributed by atoms with Crippen LogP contribution in [-0.2, 0) is 0 Å². The molecule has 3 N–H and O–H groups in total. The van der Waals surface area contributed by atoms with Gasteiger partial charge in [0.1, 0.15) is 17.4 Å². The van der Waals surface area contributed by atoms with Gasteiger partial charge in [-0.3, -0.25) is 5.10 Å². The number of aliphatic imine (C=N–C) groups is 2. The molecule has 188 valence electrons. The van der Waals surface area contributed by atoms with E-state index in [1.807, 2.05) is 48.7 Å². The van der Waals surface area contributed by atoms with E-state index in [4.69, 9.17) is 9.73 Å². The molecule has 0 unspecified atom stereocenters. The van der Waals surface area contributed by atoms with Gasteiger partial charge in [0.05, 0.1) is 10.6 Å². The van der Waals surface area contributed by atoms with Crippen molar-refractivity contribution >= 4 is 40.6 Å². The second-order valence-corrected chi connectivity index (χ2v) is 9.38. The van der Waals surface area contributed by atoms with Gasteiger partial charge in [0.2, 0.25) is 0 Å². The van der Waals surface area contributed by atoms with Gasteiger partial charge in [-0.05, 0) is 62.2 Å². The number of aromatic nitrogens is 3. The maximum atomic E-state index is 6.00. The third-order valence-electron chi connectivity index (χ3n) is 5.55. The summed E-state index contributed by atoms with van der Waals surface area (Å²) in [6.45, 7) is 12.1. The summed E-state index contributed by atoms with van der Waals surface area (Å²) < 4.78 is 6.00. The van der Waals surface area contributed by atoms with Gasteiger partial charge in [0.25, 0.3) is 0 Å². The summed E-state index contributed by atoms with van der Waals surface area (Å²) in [7, 11) is 0. The number of H-pyrrole nitrogens is 2. The molecule has 0 aliphatic rings. The van der Waals surface area contributed by atoms with E-state index < -0.39 is 0 Å². The molecule has 0 aliphatic heterocycles. The molecule has 0 bridgehead atoms. The molecule has 1 aromatic carbocycles. The standard InChI is InChI=1S/C27H33N7OS/c1-5-11-34(12-6-2)27(29-18-35-21-9-10-22-20(15-21)14-19(3)30-22)17-25(28-4)31-26-16-23(32-33-26)24-8-7-13-36-24/h7-10,13-17,30H,4-6,11-12,18H2,1-3H3,(H2,31,32,33)/b25-17+,29-27+. The zero-order valence-electron chi connectivity index (χ0n) is 21.0. The second kappa shape index (κ2) is 12.2. The van der Waals surface area contributed by atoms with Crippen molar-refractivity contribution in [3.05, 3.63) is 65.4 Å². The van der Waals surface area contributed by atoms with Gasteiger partial charge in [-0.2, -0.15) is 5.10 Å². The van der Waals surface area contributed by atoms with E-state index in [0.717, 1.165) is 64.7 Å². The van der Waals surface area contributed by atoms with Crippen LogP contribution in [0.5, 0.6) is 5.75 Å². The van der Waals surface area contributed by atoms with Crippen LogP contribution in [0.4, 0.5) is 5.82 Å². The van der Waals surface area contributed by atoms with Gasteiger partial charge in [-0.25, -0.2) is 9.98 Å². The minimum Gasteiger partial charge on any atom is -0.471 e. The Hall–Kier alpha value is -3.85. The van der Waals surface area contributed by atoms with E-state index in [2.05, 4.69) is 63.1 Å². The highest BCUT2D eigenvalue weighted by molar-refractivity contribution is 7.13. The summed E-state index contributed by atoms with van der Waals surface area (Å²) in [6.07, 6.45) is 3.91. The molecular weight excluding hydrogens is 470 g/mol. The maximum absolute atomic E-state index is 6.00. The molecule has 8 nitrogen and oxygen atoms in total. The van der Waals surface area contributed by atoms with E-state index in [9.17, 15) is 0 Å². The molecule has 0 amide bonds.